The minimum atomic E-state index is -0.109. The zero-order chi connectivity index (χ0) is 16.8. The van der Waals surface area contributed by atoms with Gasteiger partial charge >= 0.3 is 5.97 Å². The van der Waals surface area contributed by atoms with Gasteiger partial charge in [0.15, 0.2) is 0 Å². The van der Waals surface area contributed by atoms with Crippen LogP contribution in [-0.2, 0) is 22.6 Å². The van der Waals surface area contributed by atoms with E-state index in [1.807, 2.05) is 6.92 Å². The van der Waals surface area contributed by atoms with Crippen molar-refractivity contribution < 1.29 is 14.1 Å². The van der Waals surface area contributed by atoms with Crippen LogP contribution < -0.4 is 4.57 Å². The van der Waals surface area contributed by atoms with Crippen LogP contribution in [0.4, 0.5) is 0 Å². The fourth-order valence-corrected chi connectivity index (χ4v) is 2.67. The molecule has 4 nitrogen and oxygen atoms in total. The normalized spacial score (nSPS) is 10.9. The van der Waals surface area contributed by atoms with Gasteiger partial charge in [-0.1, -0.05) is 52.4 Å². The fourth-order valence-electron chi connectivity index (χ4n) is 2.67. The Balaban J connectivity index is 2.02. The maximum absolute atomic E-state index is 11.0. The van der Waals surface area contributed by atoms with E-state index in [1.165, 1.54) is 51.4 Å². The molecule has 0 unspecified atom stereocenters. The van der Waals surface area contributed by atoms with Gasteiger partial charge in [-0.15, -0.1) is 0 Å². The Kier molecular flexibility index (Phi) is 11.3. The Labute approximate surface area is 141 Å². The third-order valence-electron chi connectivity index (χ3n) is 4.13. The molecule has 0 saturated carbocycles. The maximum Gasteiger partial charge on any atom is 0.305 e. The van der Waals surface area contributed by atoms with Crippen molar-refractivity contribution >= 4 is 5.97 Å². The highest BCUT2D eigenvalue weighted by molar-refractivity contribution is 5.68. The number of imidazole rings is 1. The third-order valence-corrected chi connectivity index (χ3v) is 4.13. The number of nitrogens with zero attached hydrogens (tertiary/aromatic N) is 2. The number of unbranched alkanes of at least 4 members (excludes halogenated alkanes) is 7. The van der Waals surface area contributed by atoms with Gasteiger partial charge in [0.1, 0.15) is 12.4 Å². The van der Waals surface area contributed by atoms with Crippen LogP contribution in [0.5, 0.6) is 0 Å². The van der Waals surface area contributed by atoms with E-state index >= 15 is 0 Å². The lowest BCUT2D eigenvalue weighted by Gasteiger charge is -2.01. The molecule has 0 N–H and O–H groups in total. The second kappa shape index (κ2) is 13.1. The molecule has 1 aromatic rings. The van der Waals surface area contributed by atoms with Gasteiger partial charge in [0.25, 0.3) is 0 Å². The van der Waals surface area contributed by atoms with Crippen LogP contribution in [0.1, 0.15) is 78.1 Å². The van der Waals surface area contributed by atoms with Gasteiger partial charge in [-0.25, -0.2) is 9.13 Å². The van der Waals surface area contributed by atoms with Gasteiger partial charge in [-0.05, 0) is 12.8 Å². The Hall–Kier alpha value is -1.32. The smallest absolute Gasteiger partial charge is 0.305 e. The van der Waals surface area contributed by atoms with Crippen molar-refractivity contribution in [2.75, 3.05) is 6.61 Å². The lowest BCUT2D eigenvalue weighted by Crippen LogP contribution is -2.31. The molecule has 0 aliphatic heterocycles. The van der Waals surface area contributed by atoms with Crippen LogP contribution in [-0.4, -0.2) is 17.1 Å². The number of aryl methyl sites for hydroxylation is 2. The average molecular weight is 324 g/mol. The largest absolute Gasteiger partial charge is 0.466 e. The maximum atomic E-state index is 11.0. The quantitative estimate of drug-likeness (QED) is 0.291. The Morgan fingerprint density at radius 3 is 2.39 bits per heavy atom. The summed E-state index contributed by atoms with van der Waals surface area (Å²) in [5.74, 6) is -0.109. The summed E-state index contributed by atoms with van der Waals surface area (Å²) in [4.78, 5) is 11.0. The number of ether oxygens (including phenoxy) is 1. The number of rotatable bonds is 14. The number of hydrogen-bond donors (Lipinski definition) is 0. The summed E-state index contributed by atoms with van der Waals surface area (Å²) in [5, 5.41) is 0. The summed E-state index contributed by atoms with van der Waals surface area (Å²) in [6, 6.07) is 0. The van der Waals surface area contributed by atoms with Crippen molar-refractivity contribution in [1.29, 1.82) is 0 Å². The van der Waals surface area contributed by atoms with Crippen LogP contribution in [0, 0.1) is 0 Å². The molecule has 1 heterocycles. The predicted molar refractivity (Wildman–Crippen MR) is 93.1 cm³/mol. The van der Waals surface area contributed by atoms with E-state index in [9.17, 15) is 4.79 Å². The first-order chi connectivity index (χ1) is 11.3. The first kappa shape index (κ1) is 19.7. The van der Waals surface area contributed by atoms with Crippen LogP contribution in [0.25, 0.3) is 0 Å². The van der Waals surface area contributed by atoms with Gasteiger partial charge in [-0.3, -0.25) is 4.79 Å². The van der Waals surface area contributed by atoms with Crippen molar-refractivity contribution in [3.8, 4) is 0 Å². The summed E-state index contributed by atoms with van der Waals surface area (Å²) in [7, 11) is 0. The average Bonchev–Trinajstić information content (AvgIpc) is 3.01. The second-order valence-corrected chi connectivity index (χ2v) is 6.29. The van der Waals surface area contributed by atoms with Crippen LogP contribution in [0.2, 0.25) is 0 Å². The van der Waals surface area contributed by atoms with Crippen molar-refractivity contribution in [3.63, 3.8) is 0 Å². The molecule has 0 atom stereocenters. The number of hydrogen-bond acceptors (Lipinski definition) is 2. The van der Waals surface area contributed by atoms with Crippen molar-refractivity contribution in [2.45, 2.75) is 91.1 Å². The van der Waals surface area contributed by atoms with E-state index in [0.29, 0.717) is 13.0 Å². The number of carbonyl (C=O) groups excluding carboxylic acids is 1. The lowest BCUT2D eigenvalue weighted by molar-refractivity contribution is -0.697. The van der Waals surface area contributed by atoms with Crippen molar-refractivity contribution in [3.05, 3.63) is 18.7 Å². The number of esters is 1. The third kappa shape index (κ3) is 10.1. The van der Waals surface area contributed by atoms with Crippen LogP contribution in [0.15, 0.2) is 18.7 Å². The molecule has 0 bridgehead atoms. The van der Waals surface area contributed by atoms with E-state index < -0.39 is 0 Å². The summed E-state index contributed by atoms with van der Waals surface area (Å²) in [5.41, 5.74) is 0. The molecule has 0 spiro atoms. The summed E-state index contributed by atoms with van der Waals surface area (Å²) >= 11 is 0. The molecule has 0 amide bonds. The first-order valence-corrected chi connectivity index (χ1v) is 9.46. The molecular formula is C19H35N2O2+. The minimum Gasteiger partial charge on any atom is -0.466 e. The molecule has 0 fully saturated rings. The van der Waals surface area contributed by atoms with E-state index in [2.05, 4.69) is 34.8 Å². The number of aromatic nitrogens is 2. The molecule has 0 saturated heterocycles. The Bertz CT molecular complexity index is 415. The molecule has 23 heavy (non-hydrogen) atoms. The van der Waals surface area contributed by atoms with E-state index in [0.717, 1.165) is 19.5 Å². The van der Waals surface area contributed by atoms with E-state index in [-0.39, 0.29) is 5.97 Å². The Morgan fingerprint density at radius 2 is 1.70 bits per heavy atom. The standard InChI is InChI=1S/C19H35N2O2/c1-3-5-6-7-8-9-10-11-13-20-15-16-21(18-20)14-12-17-23-19(22)4-2/h15-16,18H,3-14,17H2,1-2H3/q+1. The van der Waals surface area contributed by atoms with Crippen molar-refractivity contribution in [1.82, 2.24) is 4.57 Å². The lowest BCUT2D eigenvalue weighted by atomic mass is 10.1. The first-order valence-electron chi connectivity index (χ1n) is 9.46. The molecule has 1 aromatic heterocycles. The van der Waals surface area contributed by atoms with Gasteiger partial charge in [0, 0.05) is 12.8 Å². The van der Waals surface area contributed by atoms with Crippen LogP contribution in [0.3, 0.4) is 0 Å². The topological polar surface area (TPSA) is 35.1 Å². The zero-order valence-electron chi connectivity index (χ0n) is 15.1. The summed E-state index contributed by atoms with van der Waals surface area (Å²) < 4.78 is 9.52. The molecule has 0 radical (unpaired) electrons. The number of carbonyl (C=O) groups is 1. The van der Waals surface area contributed by atoms with Gasteiger partial charge in [-0.2, -0.15) is 0 Å². The van der Waals surface area contributed by atoms with Crippen molar-refractivity contribution in [2.24, 2.45) is 0 Å². The van der Waals surface area contributed by atoms with E-state index in [4.69, 9.17) is 4.74 Å². The second-order valence-electron chi connectivity index (χ2n) is 6.29. The highest BCUT2D eigenvalue weighted by Crippen LogP contribution is 2.08. The summed E-state index contributed by atoms with van der Waals surface area (Å²) in [6.07, 6.45) is 18.6. The van der Waals surface area contributed by atoms with E-state index in [1.54, 1.807) is 0 Å². The SMILES string of the molecule is CCCCCCCCCCn1cc[n+](CCCOC(=O)CC)c1. The van der Waals surface area contributed by atoms with Crippen LogP contribution >= 0.6 is 0 Å². The molecule has 132 valence electrons. The van der Waals surface area contributed by atoms with Gasteiger partial charge in [0.05, 0.1) is 19.7 Å². The molecule has 1 rings (SSSR count). The highest BCUT2D eigenvalue weighted by atomic mass is 16.5. The van der Waals surface area contributed by atoms with Gasteiger partial charge in [0.2, 0.25) is 6.33 Å². The molecule has 0 aromatic carbocycles. The molecule has 0 aliphatic carbocycles. The predicted octanol–water partition coefficient (Wildman–Crippen LogP) is 4.26. The summed E-state index contributed by atoms with van der Waals surface area (Å²) in [6.45, 7) is 6.61. The monoisotopic (exact) mass is 323 g/mol. The fraction of sp³-hybridized carbons (Fsp3) is 0.789. The molecular weight excluding hydrogens is 288 g/mol. The minimum absolute atomic E-state index is 0.109. The van der Waals surface area contributed by atoms with Gasteiger partial charge < -0.3 is 4.74 Å². The molecule has 4 heteroatoms. The highest BCUT2D eigenvalue weighted by Gasteiger charge is 2.04. The Morgan fingerprint density at radius 1 is 1.00 bits per heavy atom. The molecule has 0 aliphatic rings. The zero-order valence-corrected chi connectivity index (χ0v) is 15.1.